The van der Waals surface area contributed by atoms with Gasteiger partial charge in [-0.3, -0.25) is 4.79 Å². The Morgan fingerprint density at radius 2 is 2.14 bits per heavy atom. The van der Waals surface area contributed by atoms with E-state index in [1.165, 1.54) is 6.07 Å². The lowest BCUT2D eigenvalue weighted by Gasteiger charge is -2.22. The average Bonchev–Trinajstić information content (AvgIpc) is 2.45. The van der Waals surface area contributed by atoms with Gasteiger partial charge in [0.2, 0.25) is 5.91 Å². The van der Waals surface area contributed by atoms with Gasteiger partial charge in [0.25, 0.3) is 0 Å². The molecule has 0 aromatic heterocycles. The van der Waals surface area contributed by atoms with E-state index in [-0.39, 0.29) is 18.3 Å². The zero-order valence-electron chi connectivity index (χ0n) is 12.3. The van der Waals surface area contributed by atoms with Gasteiger partial charge in [-0.15, -0.1) is 0 Å². The molecule has 2 rings (SSSR count). The fraction of sp³-hybridized carbons (Fsp3) is 0.533. The largest absolute Gasteiger partial charge is 0.506 e. The summed E-state index contributed by atoms with van der Waals surface area (Å²) in [7, 11) is 0. The molecule has 21 heavy (non-hydrogen) atoms. The number of aliphatic hydroxyl groups is 1. The summed E-state index contributed by atoms with van der Waals surface area (Å²) in [5.41, 5.74) is 1.19. The zero-order chi connectivity index (χ0) is 15.4. The number of hydrogen-bond donors (Lipinski definition) is 4. The molecule has 0 saturated heterocycles. The maximum atomic E-state index is 11.4. The van der Waals surface area contributed by atoms with Crippen molar-refractivity contribution in [2.75, 3.05) is 18.5 Å². The van der Waals surface area contributed by atoms with E-state index in [1.807, 2.05) is 13.8 Å². The SMILES string of the molecule is CC(C)NCC(O)COc1ccc(O)c2c1CCC(=O)N2. The number of aliphatic hydroxyl groups excluding tert-OH is 1. The van der Waals surface area contributed by atoms with E-state index in [1.54, 1.807) is 6.07 Å². The van der Waals surface area contributed by atoms with Crippen molar-refractivity contribution in [3.05, 3.63) is 17.7 Å². The van der Waals surface area contributed by atoms with E-state index in [0.29, 0.717) is 36.9 Å². The number of rotatable bonds is 6. The van der Waals surface area contributed by atoms with Crippen molar-refractivity contribution in [1.29, 1.82) is 0 Å². The lowest BCUT2D eigenvalue weighted by Crippen LogP contribution is -2.35. The molecule has 0 radical (unpaired) electrons. The number of fused-ring (bicyclic) bond motifs is 1. The summed E-state index contributed by atoms with van der Waals surface area (Å²) in [6.45, 7) is 4.62. The normalized spacial score (nSPS) is 15.5. The topological polar surface area (TPSA) is 90.8 Å². The fourth-order valence-electron chi connectivity index (χ4n) is 2.20. The van der Waals surface area contributed by atoms with Crippen LogP contribution in [-0.4, -0.2) is 41.4 Å². The first-order valence-corrected chi connectivity index (χ1v) is 7.16. The lowest BCUT2D eigenvalue weighted by atomic mass is 10.0. The van der Waals surface area contributed by atoms with Crippen LogP contribution in [-0.2, 0) is 11.2 Å². The third-order valence-electron chi connectivity index (χ3n) is 3.31. The standard InChI is InChI=1S/C15H22N2O4/c1-9(2)16-7-10(18)8-21-13-5-4-12(19)15-11(13)3-6-14(20)17-15/h4-5,9-10,16,18-19H,3,6-8H2,1-2H3,(H,17,20). The van der Waals surface area contributed by atoms with Crippen LogP contribution in [0.25, 0.3) is 0 Å². The van der Waals surface area contributed by atoms with E-state index in [2.05, 4.69) is 10.6 Å². The maximum absolute atomic E-state index is 11.4. The molecule has 1 heterocycles. The molecule has 6 heteroatoms. The molecule has 1 aromatic rings. The third kappa shape index (κ3) is 4.09. The molecule has 0 bridgehead atoms. The van der Waals surface area contributed by atoms with Crippen LogP contribution in [0.5, 0.6) is 11.5 Å². The number of aromatic hydroxyl groups is 1. The minimum Gasteiger partial charge on any atom is -0.506 e. The van der Waals surface area contributed by atoms with Gasteiger partial charge in [0.15, 0.2) is 0 Å². The highest BCUT2D eigenvalue weighted by molar-refractivity contribution is 5.96. The quantitative estimate of drug-likeness (QED) is 0.588. The third-order valence-corrected chi connectivity index (χ3v) is 3.31. The number of carbonyl (C=O) groups is 1. The Hall–Kier alpha value is -1.79. The van der Waals surface area contributed by atoms with Crippen molar-refractivity contribution in [2.24, 2.45) is 0 Å². The minimum absolute atomic E-state index is 0.0347. The highest BCUT2D eigenvalue weighted by atomic mass is 16.5. The summed E-state index contributed by atoms with van der Waals surface area (Å²) in [5.74, 6) is 0.509. The van der Waals surface area contributed by atoms with E-state index < -0.39 is 6.10 Å². The Balaban J connectivity index is 2.01. The highest BCUT2D eigenvalue weighted by Gasteiger charge is 2.22. The van der Waals surface area contributed by atoms with Crippen molar-refractivity contribution in [2.45, 2.75) is 38.8 Å². The highest BCUT2D eigenvalue weighted by Crippen LogP contribution is 2.37. The summed E-state index contributed by atoms with van der Waals surface area (Å²) in [6, 6.07) is 3.45. The summed E-state index contributed by atoms with van der Waals surface area (Å²) < 4.78 is 5.64. The molecular weight excluding hydrogens is 272 g/mol. The molecular formula is C15H22N2O4. The Kier molecular flexibility index (Phi) is 5.03. The second-order valence-electron chi connectivity index (χ2n) is 5.51. The van der Waals surface area contributed by atoms with Crippen LogP contribution in [0.15, 0.2) is 12.1 Å². The molecule has 116 valence electrons. The number of phenols is 1. The number of nitrogens with one attached hydrogen (secondary N) is 2. The minimum atomic E-state index is -0.616. The lowest BCUT2D eigenvalue weighted by molar-refractivity contribution is -0.116. The predicted octanol–water partition coefficient (Wildman–Crippen LogP) is 1.01. The summed E-state index contributed by atoms with van der Waals surface area (Å²) in [5, 5.41) is 25.4. The van der Waals surface area contributed by atoms with Gasteiger partial charge in [0.1, 0.15) is 24.2 Å². The summed E-state index contributed by atoms with van der Waals surface area (Å²) >= 11 is 0. The molecule has 0 saturated carbocycles. The number of phenolic OH excluding ortho intramolecular Hbond substituents is 1. The van der Waals surface area contributed by atoms with Crippen molar-refractivity contribution in [3.63, 3.8) is 0 Å². The van der Waals surface area contributed by atoms with Gasteiger partial charge in [-0.05, 0) is 18.6 Å². The van der Waals surface area contributed by atoms with Crippen LogP contribution in [0.1, 0.15) is 25.8 Å². The number of benzene rings is 1. The molecule has 1 aromatic carbocycles. The second-order valence-corrected chi connectivity index (χ2v) is 5.51. The van der Waals surface area contributed by atoms with Crippen LogP contribution < -0.4 is 15.4 Å². The molecule has 1 unspecified atom stereocenters. The monoisotopic (exact) mass is 294 g/mol. The van der Waals surface area contributed by atoms with Crippen LogP contribution in [0, 0.1) is 0 Å². The van der Waals surface area contributed by atoms with Crippen LogP contribution in [0.2, 0.25) is 0 Å². The van der Waals surface area contributed by atoms with Crippen LogP contribution in [0.4, 0.5) is 5.69 Å². The van der Waals surface area contributed by atoms with Gasteiger partial charge in [-0.1, -0.05) is 13.8 Å². The molecule has 0 fully saturated rings. The Bertz CT molecular complexity index is 517. The van der Waals surface area contributed by atoms with Gasteiger partial charge < -0.3 is 25.6 Å². The van der Waals surface area contributed by atoms with Gasteiger partial charge in [-0.25, -0.2) is 0 Å². The molecule has 6 nitrogen and oxygen atoms in total. The Morgan fingerprint density at radius 3 is 2.86 bits per heavy atom. The first-order chi connectivity index (χ1) is 9.97. The predicted molar refractivity (Wildman–Crippen MR) is 79.7 cm³/mol. The molecule has 4 N–H and O–H groups in total. The Morgan fingerprint density at radius 1 is 1.38 bits per heavy atom. The number of hydrogen-bond acceptors (Lipinski definition) is 5. The molecule has 1 atom stereocenters. The molecule has 0 spiro atoms. The van der Waals surface area contributed by atoms with Gasteiger partial charge in [0.05, 0.1) is 5.69 Å². The first-order valence-electron chi connectivity index (χ1n) is 7.16. The van der Waals surface area contributed by atoms with Crippen LogP contribution in [0.3, 0.4) is 0 Å². The second kappa shape index (κ2) is 6.78. The smallest absolute Gasteiger partial charge is 0.224 e. The van der Waals surface area contributed by atoms with Gasteiger partial charge in [0, 0.05) is 24.6 Å². The maximum Gasteiger partial charge on any atom is 0.224 e. The fourth-order valence-corrected chi connectivity index (χ4v) is 2.20. The molecule has 1 aliphatic heterocycles. The summed E-state index contributed by atoms with van der Waals surface area (Å²) in [6.07, 6.45) is 0.269. The number of ether oxygens (including phenoxy) is 1. The first kappa shape index (κ1) is 15.6. The number of amides is 1. The molecule has 1 aliphatic rings. The molecule has 1 amide bonds. The van der Waals surface area contributed by atoms with Crippen molar-refractivity contribution < 1.29 is 19.7 Å². The Labute approximate surface area is 124 Å². The van der Waals surface area contributed by atoms with Gasteiger partial charge >= 0.3 is 0 Å². The van der Waals surface area contributed by atoms with Crippen molar-refractivity contribution >= 4 is 11.6 Å². The van der Waals surface area contributed by atoms with Gasteiger partial charge in [-0.2, -0.15) is 0 Å². The van der Waals surface area contributed by atoms with Crippen molar-refractivity contribution in [3.8, 4) is 11.5 Å². The van der Waals surface area contributed by atoms with E-state index in [9.17, 15) is 15.0 Å². The summed E-state index contributed by atoms with van der Waals surface area (Å²) in [4.78, 5) is 11.4. The number of carbonyl (C=O) groups excluding carboxylic acids is 1. The van der Waals surface area contributed by atoms with Crippen molar-refractivity contribution in [1.82, 2.24) is 5.32 Å². The van der Waals surface area contributed by atoms with E-state index in [0.717, 1.165) is 5.56 Å². The number of anilines is 1. The van der Waals surface area contributed by atoms with Crippen LogP contribution >= 0.6 is 0 Å². The van der Waals surface area contributed by atoms with E-state index in [4.69, 9.17) is 4.74 Å². The molecule has 0 aliphatic carbocycles. The average molecular weight is 294 g/mol. The zero-order valence-corrected chi connectivity index (χ0v) is 12.3. The van der Waals surface area contributed by atoms with E-state index >= 15 is 0 Å².